The van der Waals surface area contributed by atoms with Gasteiger partial charge in [0.05, 0.1) is 22.5 Å². The predicted molar refractivity (Wildman–Crippen MR) is 72.7 cm³/mol. The number of hydrogen-bond donors (Lipinski definition) is 2. The molecule has 2 rings (SSSR count). The Bertz CT molecular complexity index is 645. The summed E-state index contributed by atoms with van der Waals surface area (Å²) < 4.78 is 0. The van der Waals surface area contributed by atoms with Gasteiger partial charge >= 0.3 is 6.03 Å². The Morgan fingerprint density at radius 2 is 1.89 bits per heavy atom. The SMILES string of the molecule is Cc1nc2ccccc2nc1SCC(=O)NC(N)=O. The smallest absolute Gasteiger partial charge is 0.318 e. The third kappa shape index (κ3) is 3.41. The number of imide groups is 1. The van der Waals surface area contributed by atoms with Crippen LogP contribution in [-0.4, -0.2) is 27.7 Å². The number of urea groups is 1. The van der Waals surface area contributed by atoms with Crippen molar-refractivity contribution in [2.75, 3.05) is 5.75 Å². The van der Waals surface area contributed by atoms with Crippen LogP contribution in [-0.2, 0) is 4.79 Å². The molecule has 0 atom stereocenters. The molecule has 7 heteroatoms. The molecule has 0 saturated carbocycles. The lowest BCUT2D eigenvalue weighted by Crippen LogP contribution is -2.36. The standard InChI is InChI=1S/C12H12N4O2S/c1-7-11(19-6-10(17)16-12(13)18)15-9-5-3-2-4-8(9)14-7/h2-5H,6H2,1H3,(H3,13,16,17,18). The van der Waals surface area contributed by atoms with Crippen LogP contribution in [0.15, 0.2) is 29.3 Å². The number of nitrogens with one attached hydrogen (secondary N) is 1. The van der Waals surface area contributed by atoms with Gasteiger partial charge in [-0.3, -0.25) is 10.1 Å². The molecule has 6 nitrogen and oxygen atoms in total. The topological polar surface area (TPSA) is 98.0 Å². The molecule has 0 unspecified atom stereocenters. The summed E-state index contributed by atoms with van der Waals surface area (Å²) in [6.07, 6.45) is 0. The number of rotatable bonds is 3. The Hall–Kier alpha value is -2.15. The molecule has 0 fully saturated rings. The van der Waals surface area contributed by atoms with Crippen molar-refractivity contribution >= 4 is 34.7 Å². The first-order valence-corrected chi connectivity index (χ1v) is 6.50. The maximum atomic E-state index is 11.3. The van der Waals surface area contributed by atoms with Crippen molar-refractivity contribution in [3.05, 3.63) is 30.0 Å². The monoisotopic (exact) mass is 276 g/mol. The quantitative estimate of drug-likeness (QED) is 0.821. The highest BCUT2D eigenvalue weighted by atomic mass is 32.2. The largest absolute Gasteiger partial charge is 0.351 e. The molecule has 0 spiro atoms. The second-order valence-electron chi connectivity index (χ2n) is 3.80. The van der Waals surface area contributed by atoms with E-state index in [0.717, 1.165) is 16.7 Å². The maximum Gasteiger partial charge on any atom is 0.318 e. The number of fused-ring (bicyclic) bond motifs is 1. The first kappa shape index (κ1) is 13.3. The van der Waals surface area contributed by atoms with Crippen LogP contribution in [0.1, 0.15) is 5.69 Å². The number of para-hydroxylation sites is 2. The number of primary amides is 1. The van der Waals surface area contributed by atoms with Crippen LogP contribution >= 0.6 is 11.8 Å². The van der Waals surface area contributed by atoms with E-state index < -0.39 is 11.9 Å². The third-order valence-corrected chi connectivity index (χ3v) is 3.37. The van der Waals surface area contributed by atoms with Crippen molar-refractivity contribution in [3.63, 3.8) is 0 Å². The van der Waals surface area contributed by atoms with E-state index in [1.165, 1.54) is 11.8 Å². The van der Waals surface area contributed by atoms with Gasteiger partial charge in [-0.1, -0.05) is 23.9 Å². The van der Waals surface area contributed by atoms with E-state index in [4.69, 9.17) is 5.73 Å². The highest BCUT2D eigenvalue weighted by Gasteiger charge is 2.09. The van der Waals surface area contributed by atoms with Crippen molar-refractivity contribution in [3.8, 4) is 0 Å². The van der Waals surface area contributed by atoms with Crippen molar-refractivity contribution in [2.45, 2.75) is 11.9 Å². The average Bonchev–Trinajstić information content (AvgIpc) is 2.35. The van der Waals surface area contributed by atoms with Crippen molar-refractivity contribution in [1.29, 1.82) is 0 Å². The lowest BCUT2D eigenvalue weighted by Gasteiger charge is -2.05. The van der Waals surface area contributed by atoms with Gasteiger partial charge in [-0.2, -0.15) is 0 Å². The molecular formula is C12H12N4O2S. The van der Waals surface area contributed by atoms with Gasteiger partial charge in [0.15, 0.2) is 0 Å². The normalized spacial score (nSPS) is 10.4. The Morgan fingerprint density at radius 3 is 2.53 bits per heavy atom. The molecule has 0 aliphatic heterocycles. The third-order valence-electron chi connectivity index (χ3n) is 2.30. The van der Waals surface area contributed by atoms with E-state index >= 15 is 0 Å². The van der Waals surface area contributed by atoms with Crippen LogP contribution in [0.3, 0.4) is 0 Å². The minimum atomic E-state index is -0.855. The first-order chi connectivity index (χ1) is 9.06. The van der Waals surface area contributed by atoms with Gasteiger partial charge < -0.3 is 5.73 Å². The van der Waals surface area contributed by atoms with E-state index in [2.05, 4.69) is 9.97 Å². The van der Waals surface area contributed by atoms with E-state index in [1.807, 2.05) is 36.5 Å². The van der Waals surface area contributed by atoms with Crippen LogP contribution in [0, 0.1) is 6.92 Å². The van der Waals surface area contributed by atoms with Gasteiger partial charge in [-0.05, 0) is 19.1 Å². The van der Waals surface area contributed by atoms with E-state index in [9.17, 15) is 9.59 Å². The Labute approximate surface area is 113 Å². The summed E-state index contributed by atoms with van der Waals surface area (Å²) in [6, 6.07) is 6.65. The Morgan fingerprint density at radius 1 is 1.26 bits per heavy atom. The molecule has 0 bridgehead atoms. The Kier molecular flexibility index (Phi) is 3.96. The van der Waals surface area contributed by atoms with Crippen molar-refractivity contribution in [1.82, 2.24) is 15.3 Å². The molecule has 1 aromatic heterocycles. The number of carbonyl (C=O) groups is 2. The van der Waals surface area contributed by atoms with Crippen molar-refractivity contribution in [2.24, 2.45) is 5.73 Å². The van der Waals surface area contributed by atoms with Gasteiger partial charge in [0.1, 0.15) is 5.03 Å². The lowest BCUT2D eigenvalue weighted by molar-refractivity contribution is -0.117. The van der Waals surface area contributed by atoms with Gasteiger partial charge in [-0.15, -0.1) is 0 Å². The summed E-state index contributed by atoms with van der Waals surface area (Å²) in [4.78, 5) is 30.7. The minimum Gasteiger partial charge on any atom is -0.351 e. The number of carbonyl (C=O) groups excluding carboxylic acids is 2. The summed E-state index contributed by atoms with van der Waals surface area (Å²) in [5, 5.41) is 2.67. The molecule has 0 aliphatic rings. The number of aromatic nitrogens is 2. The Balaban J connectivity index is 2.14. The van der Waals surface area contributed by atoms with E-state index in [1.54, 1.807) is 0 Å². The molecule has 98 valence electrons. The zero-order valence-corrected chi connectivity index (χ0v) is 11.0. The van der Waals surface area contributed by atoms with Crippen molar-refractivity contribution < 1.29 is 9.59 Å². The first-order valence-electron chi connectivity index (χ1n) is 5.52. The zero-order valence-electron chi connectivity index (χ0n) is 10.2. The maximum absolute atomic E-state index is 11.3. The molecule has 1 heterocycles. The average molecular weight is 276 g/mol. The van der Waals surface area contributed by atoms with Gasteiger partial charge in [0.25, 0.3) is 0 Å². The molecule has 3 N–H and O–H groups in total. The molecule has 0 radical (unpaired) electrons. The molecule has 0 saturated heterocycles. The zero-order chi connectivity index (χ0) is 13.8. The number of thioether (sulfide) groups is 1. The van der Waals surface area contributed by atoms with Crippen LogP contribution in [0.2, 0.25) is 0 Å². The van der Waals surface area contributed by atoms with Gasteiger partial charge in [0, 0.05) is 0 Å². The van der Waals surface area contributed by atoms with Crippen LogP contribution in [0.25, 0.3) is 11.0 Å². The summed E-state index contributed by atoms with van der Waals surface area (Å²) in [5.41, 5.74) is 7.18. The molecular weight excluding hydrogens is 264 g/mol. The van der Waals surface area contributed by atoms with Crippen LogP contribution in [0.5, 0.6) is 0 Å². The predicted octanol–water partition coefficient (Wildman–Crippen LogP) is 1.23. The molecule has 2 aromatic rings. The van der Waals surface area contributed by atoms with E-state index in [-0.39, 0.29) is 5.75 Å². The van der Waals surface area contributed by atoms with E-state index in [0.29, 0.717) is 5.03 Å². The molecule has 0 aliphatic carbocycles. The summed E-state index contributed by atoms with van der Waals surface area (Å²) in [7, 11) is 0. The number of amides is 3. The van der Waals surface area contributed by atoms with Crippen LogP contribution in [0.4, 0.5) is 4.79 Å². The number of nitrogens with two attached hydrogens (primary N) is 1. The number of benzene rings is 1. The molecule has 19 heavy (non-hydrogen) atoms. The highest BCUT2D eigenvalue weighted by Crippen LogP contribution is 2.21. The molecule has 1 aromatic carbocycles. The molecule has 3 amide bonds. The van der Waals surface area contributed by atoms with Crippen LogP contribution < -0.4 is 11.1 Å². The lowest BCUT2D eigenvalue weighted by atomic mass is 10.3. The number of hydrogen-bond acceptors (Lipinski definition) is 5. The fraction of sp³-hybridized carbons (Fsp3) is 0.167. The minimum absolute atomic E-state index is 0.0663. The highest BCUT2D eigenvalue weighted by molar-refractivity contribution is 7.99. The summed E-state index contributed by atoms with van der Waals surface area (Å²) in [5.74, 6) is -0.386. The fourth-order valence-electron chi connectivity index (χ4n) is 1.52. The summed E-state index contributed by atoms with van der Waals surface area (Å²) >= 11 is 1.22. The number of nitrogens with zero attached hydrogens (tertiary/aromatic N) is 2. The second-order valence-corrected chi connectivity index (χ2v) is 4.77. The van der Waals surface area contributed by atoms with Gasteiger partial charge in [0.2, 0.25) is 5.91 Å². The second kappa shape index (κ2) is 5.66. The van der Waals surface area contributed by atoms with Gasteiger partial charge in [-0.25, -0.2) is 14.8 Å². The summed E-state index contributed by atoms with van der Waals surface area (Å²) in [6.45, 7) is 1.83. The fourth-order valence-corrected chi connectivity index (χ4v) is 2.27. The number of aryl methyl sites for hydroxylation is 1.